The summed E-state index contributed by atoms with van der Waals surface area (Å²) in [5, 5.41) is 5.01. The molecule has 0 fully saturated rings. The molecule has 7 heteroatoms. The molecule has 25 heavy (non-hydrogen) atoms. The number of ether oxygens (including phenoxy) is 2. The maximum atomic E-state index is 12.2. The summed E-state index contributed by atoms with van der Waals surface area (Å²) < 4.78 is 10.9. The summed E-state index contributed by atoms with van der Waals surface area (Å²) >= 11 is 0. The first-order chi connectivity index (χ1) is 11.8. The van der Waals surface area contributed by atoms with Gasteiger partial charge < -0.3 is 19.7 Å². The molecule has 0 aromatic heterocycles. The summed E-state index contributed by atoms with van der Waals surface area (Å²) in [5.74, 6) is 1.05. The van der Waals surface area contributed by atoms with Gasteiger partial charge in [-0.2, -0.15) is 0 Å². The van der Waals surface area contributed by atoms with Crippen LogP contribution in [0.15, 0.2) is 18.2 Å². The molecule has 0 aliphatic carbocycles. The number of rotatable bonds is 8. The van der Waals surface area contributed by atoms with E-state index < -0.39 is 6.03 Å². The fourth-order valence-electron chi connectivity index (χ4n) is 2.31. The van der Waals surface area contributed by atoms with Crippen LogP contribution < -0.4 is 25.0 Å². The van der Waals surface area contributed by atoms with E-state index in [-0.39, 0.29) is 18.0 Å². The molecule has 3 amide bonds. The second-order valence-corrected chi connectivity index (χ2v) is 6.28. The molecule has 0 aliphatic heterocycles. The van der Waals surface area contributed by atoms with E-state index in [9.17, 15) is 9.59 Å². The second kappa shape index (κ2) is 9.88. The number of hydrogen-bond donors (Lipinski definition) is 3. The van der Waals surface area contributed by atoms with Crippen molar-refractivity contribution in [1.29, 1.82) is 0 Å². The number of carbonyl (C=O) groups is 2. The Labute approximate surface area is 149 Å². The highest BCUT2D eigenvalue weighted by Crippen LogP contribution is 2.27. The van der Waals surface area contributed by atoms with Gasteiger partial charge in [0.2, 0.25) is 0 Å². The van der Waals surface area contributed by atoms with Crippen LogP contribution in [0.4, 0.5) is 4.79 Å². The highest BCUT2D eigenvalue weighted by Gasteiger charge is 2.24. The molecule has 2 atom stereocenters. The summed E-state index contributed by atoms with van der Waals surface area (Å²) in [6, 6.07) is 4.85. The Morgan fingerprint density at radius 3 is 2.44 bits per heavy atom. The lowest BCUT2D eigenvalue weighted by Crippen LogP contribution is -3.12. The molecule has 0 spiro atoms. The lowest BCUT2D eigenvalue weighted by Gasteiger charge is -2.21. The zero-order valence-electron chi connectivity index (χ0n) is 15.9. The minimum Gasteiger partial charge on any atom is -0.493 e. The molecule has 7 nitrogen and oxygen atoms in total. The maximum Gasteiger partial charge on any atom is 0.321 e. The molecule has 1 aromatic carbocycles. The molecule has 3 N–H and O–H groups in total. The molecule has 0 aliphatic rings. The molecule has 0 heterocycles. The molecule has 0 radical (unpaired) electrons. The first kappa shape index (κ1) is 20.8. The smallest absolute Gasteiger partial charge is 0.321 e. The van der Waals surface area contributed by atoms with Crippen molar-refractivity contribution in [3.63, 3.8) is 0 Å². The van der Waals surface area contributed by atoms with Crippen molar-refractivity contribution in [2.24, 2.45) is 0 Å². The zero-order valence-corrected chi connectivity index (χ0v) is 15.9. The molecule has 140 valence electrons. The van der Waals surface area contributed by atoms with Crippen molar-refractivity contribution >= 4 is 11.9 Å². The number of hydrogen-bond acceptors (Lipinski definition) is 4. The molecular formula is C18H30N3O4+. The number of nitrogens with one attached hydrogen (secondary N) is 3. The average Bonchev–Trinajstić information content (AvgIpc) is 2.54. The van der Waals surface area contributed by atoms with Gasteiger partial charge in [0.25, 0.3) is 5.91 Å². The van der Waals surface area contributed by atoms with E-state index in [1.165, 1.54) is 0 Å². The maximum absolute atomic E-state index is 12.2. The van der Waals surface area contributed by atoms with Crippen LogP contribution in [-0.4, -0.2) is 44.8 Å². The summed E-state index contributed by atoms with van der Waals surface area (Å²) in [4.78, 5) is 24.8. The molecular weight excluding hydrogens is 322 g/mol. The second-order valence-electron chi connectivity index (χ2n) is 6.28. The van der Waals surface area contributed by atoms with Crippen LogP contribution in [0.2, 0.25) is 0 Å². The summed E-state index contributed by atoms with van der Waals surface area (Å²) in [5.41, 5.74) is 1.02. The van der Waals surface area contributed by atoms with Crippen LogP contribution in [-0.2, 0) is 11.3 Å². The summed E-state index contributed by atoms with van der Waals surface area (Å²) in [6.07, 6.45) is 0. The predicted octanol–water partition coefficient (Wildman–Crippen LogP) is 0.731. The number of likely N-dealkylation sites (N-methyl/N-ethyl adjacent to an activating group) is 1. The van der Waals surface area contributed by atoms with Gasteiger partial charge in [0.15, 0.2) is 17.5 Å². The van der Waals surface area contributed by atoms with Crippen LogP contribution in [0.5, 0.6) is 11.5 Å². The van der Waals surface area contributed by atoms with Gasteiger partial charge in [0.05, 0.1) is 20.8 Å². The van der Waals surface area contributed by atoms with Crippen molar-refractivity contribution in [3.05, 3.63) is 23.8 Å². The molecule has 1 unspecified atom stereocenters. The van der Waals surface area contributed by atoms with E-state index in [1.54, 1.807) is 14.0 Å². The molecule has 0 saturated carbocycles. The van der Waals surface area contributed by atoms with Crippen LogP contribution >= 0.6 is 0 Å². The highest BCUT2D eigenvalue weighted by molar-refractivity contribution is 5.96. The van der Waals surface area contributed by atoms with Crippen LogP contribution in [0.25, 0.3) is 0 Å². The molecule has 0 bridgehead atoms. The first-order valence-electron chi connectivity index (χ1n) is 8.51. The lowest BCUT2D eigenvalue weighted by atomic mass is 10.1. The van der Waals surface area contributed by atoms with Gasteiger partial charge in [-0.25, -0.2) is 4.79 Å². The molecule has 0 saturated heterocycles. The number of amides is 3. The topological polar surface area (TPSA) is 81.1 Å². The monoisotopic (exact) mass is 352 g/mol. The quantitative estimate of drug-likeness (QED) is 0.644. The number of carbonyl (C=O) groups excluding carboxylic acids is 2. The first-order valence-corrected chi connectivity index (χ1v) is 8.51. The van der Waals surface area contributed by atoms with Gasteiger partial charge in [0, 0.05) is 11.6 Å². The Bertz CT molecular complexity index is 590. The third-order valence-corrected chi connectivity index (χ3v) is 3.80. The van der Waals surface area contributed by atoms with E-state index in [4.69, 9.17) is 9.47 Å². The van der Waals surface area contributed by atoms with Gasteiger partial charge in [-0.1, -0.05) is 0 Å². The van der Waals surface area contributed by atoms with Crippen molar-refractivity contribution in [2.75, 3.05) is 20.8 Å². The van der Waals surface area contributed by atoms with E-state index >= 15 is 0 Å². The normalized spacial score (nSPS) is 13.1. The molecule has 1 aromatic rings. The number of imide groups is 1. The average molecular weight is 352 g/mol. The number of methoxy groups -OCH3 is 1. The Morgan fingerprint density at radius 2 is 1.88 bits per heavy atom. The molecule has 1 rings (SSSR count). The fraction of sp³-hybridized carbons (Fsp3) is 0.556. The fourth-order valence-corrected chi connectivity index (χ4v) is 2.31. The van der Waals surface area contributed by atoms with E-state index in [2.05, 4.69) is 10.6 Å². The van der Waals surface area contributed by atoms with Crippen molar-refractivity contribution in [1.82, 2.24) is 10.6 Å². The minimum absolute atomic E-state index is 0.0236. The third kappa shape index (κ3) is 6.62. The zero-order chi connectivity index (χ0) is 19.0. The predicted molar refractivity (Wildman–Crippen MR) is 96.0 cm³/mol. The van der Waals surface area contributed by atoms with Gasteiger partial charge in [-0.3, -0.25) is 10.1 Å². The van der Waals surface area contributed by atoms with Crippen LogP contribution in [0.1, 0.15) is 33.3 Å². The largest absolute Gasteiger partial charge is 0.493 e. The third-order valence-electron chi connectivity index (χ3n) is 3.80. The van der Waals surface area contributed by atoms with Crippen LogP contribution in [0, 0.1) is 0 Å². The number of quaternary nitrogens is 1. The van der Waals surface area contributed by atoms with E-state index in [0.29, 0.717) is 24.7 Å². The summed E-state index contributed by atoms with van der Waals surface area (Å²) in [6.45, 7) is 8.56. The standard InChI is InChI=1S/C18H29N3O4/c1-7-25-15-9-8-14(10-16(15)24-6)11-21(5)13(4)17(22)20-18(23)19-12(2)3/h8-10,12-13H,7,11H2,1-6H3,(H2,19,20,22,23)/p+1/t13-/m0/s1. The highest BCUT2D eigenvalue weighted by atomic mass is 16.5. The Kier molecular flexibility index (Phi) is 8.21. The van der Waals surface area contributed by atoms with Gasteiger partial charge in [-0.05, 0) is 45.9 Å². The minimum atomic E-state index is -0.470. The Balaban J connectivity index is 2.69. The van der Waals surface area contributed by atoms with Crippen LogP contribution in [0.3, 0.4) is 0 Å². The van der Waals surface area contributed by atoms with Gasteiger partial charge in [0.1, 0.15) is 6.54 Å². The Morgan fingerprint density at radius 1 is 1.20 bits per heavy atom. The van der Waals surface area contributed by atoms with Crippen molar-refractivity contribution < 1.29 is 24.0 Å². The number of urea groups is 1. The van der Waals surface area contributed by atoms with Gasteiger partial charge in [-0.15, -0.1) is 0 Å². The number of benzene rings is 1. The SMILES string of the molecule is CCOc1ccc(C[NH+](C)[C@@H](C)C(=O)NC(=O)NC(C)C)cc1OC. The van der Waals surface area contributed by atoms with Gasteiger partial charge >= 0.3 is 6.03 Å². The van der Waals surface area contributed by atoms with E-state index in [1.807, 2.05) is 46.0 Å². The lowest BCUT2D eigenvalue weighted by molar-refractivity contribution is -0.908. The van der Waals surface area contributed by atoms with Crippen molar-refractivity contribution in [3.8, 4) is 11.5 Å². The van der Waals surface area contributed by atoms with Crippen molar-refractivity contribution in [2.45, 2.75) is 46.3 Å². The Hall–Kier alpha value is -2.28. The summed E-state index contributed by atoms with van der Waals surface area (Å²) in [7, 11) is 3.51. The van der Waals surface area contributed by atoms with E-state index in [0.717, 1.165) is 10.5 Å².